The lowest BCUT2D eigenvalue weighted by Crippen LogP contribution is -2.10. The van der Waals surface area contributed by atoms with Crippen molar-refractivity contribution in [3.05, 3.63) is 53.5 Å². The largest absolute Gasteiger partial charge is 0.455 e. The first kappa shape index (κ1) is 12.0. The van der Waals surface area contributed by atoms with Crippen molar-refractivity contribution >= 4 is 11.6 Å². The summed E-state index contributed by atoms with van der Waals surface area (Å²) in [4.78, 5) is 11.8. The van der Waals surface area contributed by atoms with E-state index in [1.807, 2.05) is 0 Å². The van der Waals surface area contributed by atoms with Gasteiger partial charge in [0.15, 0.2) is 5.76 Å². The summed E-state index contributed by atoms with van der Waals surface area (Å²) in [6.45, 7) is 0.264. The Morgan fingerprint density at radius 2 is 2.22 bits per heavy atom. The molecule has 90 valence electrons. The Morgan fingerprint density at radius 1 is 1.39 bits per heavy atom. The smallest absolute Gasteiger partial charge is 0.291 e. The van der Waals surface area contributed by atoms with Crippen molar-refractivity contribution < 1.29 is 9.21 Å². The number of rotatable bonds is 3. The summed E-state index contributed by atoms with van der Waals surface area (Å²) in [6, 6.07) is 10.3. The summed E-state index contributed by atoms with van der Waals surface area (Å²) in [6.07, 6.45) is 5.29. The van der Waals surface area contributed by atoms with Crippen molar-refractivity contribution in [2.75, 3.05) is 5.32 Å². The van der Waals surface area contributed by atoms with Gasteiger partial charge in [-0.2, -0.15) is 0 Å². The van der Waals surface area contributed by atoms with E-state index in [1.54, 1.807) is 36.4 Å². The highest BCUT2D eigenvalue weighted by molar-refractivity contribution is 6.02. The van der Waals surface area contributed by atoms with Gasteiger partial charge in [-0.05, 0) is 30.3 Å². The fraction of sp³-hybridized carbons (Fsp3) is 0.0714. The molecular weight excluding hydrogens is 228 g/mol. The van der Waals surface area contributed by atoms with E-state index in [0.717, 1.165) is 0 Å². The molecule has 0 atom stereocenters. The Morgan fingerprint density at radius 3 is 2.89 bits per heavy atom. The molecule has 2 rings (SSSR count). The second-order valence-corrected chi connectivity index (χ2v) is 3.65. The minimum absolute atomic E-state index is 0.224. The van der Waals surface area contributed by atoms with Crippen LogP contribution in [0.4, 0.5) is 5.69 Å². The molecule has 0 saturated carbocycles. The van der Waals surface area contributed by atoms with Gasteiger partial charge < -0.3 is 15.5 Å². The van der Waals surface area contributed by atoms with Crippen molar-refractivity contribution in [1.29, 1.82) is 0 Å². The van der Waals surface area contributed by atoms with Crippen LogP contribution in [0.3, 0.4) is 0 Å². The van der Waals surface area contributed by atoms with Gasteiger partial charge in [0.2, 0.25) is 0 Å². The molecule has 0 saturated heterocycles. The fourth-order valence-corrected chi connectivity index (χ4v) is 1.49. The molecule has 0 fully saturated rings. The molecule has 0 bridgehead atoms. The highest BCUT2D eigenvalue weighted by Crippen LogP contribution is 2.13. The average molecular weight is 240 g/mol. The monoisotopic (exact) mass is 240 g/mol. The van der Waals surface area contributed by atoms with Gasteiger partial charge in [0, 0.05) is 11.3 Å². The first-order valence-electron chi connectivity index (χ1n) is 5.39. The molecule has 0 radical (unpaired) electrons. The van der Waals surface area contributed by atoms with Crippen LogP contribution in [0.25, 0.3) is 0 Å². The summed E-state index contributed by atoms with van der Waals surface area (Å²) in [5, 5.41) is 2.70. The predicted octanol–water partition coefficient (Wildman–Crippen LogP) is 1.97. The molecule has 3 N–H and O–H groups in total. The Bertz CT molecular complexity index is 608. The Kier molecular flexibility index (Phi) is 3.46. The molecule has 0 spiro atoms. The molecule has 2 aromatic rings. The lowest BCUT2D eigenvalue weighted by molar-refractivity contribution is 0.0995. The molecule has 1 amide bonds. The van der Waals surface area contributed by atoms with E-state index < -0.39 is 0 Å². The van der Waals surface area contributed by atoms with Gasteiger partial charge in [-0.3, -0.25) is 4.79 Å². The highest BCUT2D eigenvalue weighted by Gasteiger charge is 2.10. The first-order valence-corrected chi connectivity index (χ1v) is 5.39. The third-order valence-corrected chi connectivity index (χ3v) is 2.37. The lowest BCUT2D eigenvalue weighted by Gasteiger charge is -2.03. The second-order valence-electron chi connectivity index (χ2n) is 3.65. The Labute approximate surface area is 105 Å². The average Bonchev–Trinajstić information content (AvgIpc) is 2.88. The van der Waals surface area contributed by atoms with Crippen LogP contribution in [0.15, 0.2) is 40.8 Å². The van der Waals surface area contributed by atoms with Gasteiger partial charge in [-0.1, -0.05) is 12.0 Å². The summed E-state index contributed by atoms with van der Waals surface area (Å²) in [5.74, 6) is 2.96. The molecule has 18 heavy (non-hydrogen) atoms. The minimum atomic E-state index is -0.330. The molecular formula is C14H12N2O2. The third kappa shape index (κ3) is 2.59. The first-order chi connectivity index (χ1) is 8.72. The normalized spacial score (nSPS) is 9.78. The number of benzene rings is 1. The zero-order chi connectivity index (χ0) is 13.0. The van der Waals surface area contributed by atoms with E-state index in [9.17, 15) is 4.79 Å². The number of anilines is 1. The van der Waals surface area contributed by atoms with Gasteiger partial charge >= 0.3 is 0 Å². The molecule has 0 unspecified atom stereocenters. The number of nitrogens with one attached hydrogen (secondary N) is 1. The van der Waals surface area contributed by atoms with Crippen molar-refractivity contribution in [3.63, 3.8) is 0 Å². The predicted molar refractivity (Wildman–Crippen MR) is 68.9 cm³/mol. The van der Waals surface area contributed by atoms with Crippen molar-refractivity contribution in [3.8, 4) is 12.3 Å². The molecule has 0 aliphatic heterocycles. The van der Waals surface area contributed by atoms with Gasteiger partial charge in [-0.25, -0.2) is 0 Å². The van der Waals surface area contributed by atoms with Crippen LogP contribution in [-0.2, 0) is 6.54 Å². The molecule has 0 aliphatic carbocycles. The number of nitrogens with two attached hydrogens (primary N) is 1. The highest BCUT2D eigenvalue weighted by atomic mass is 16.4. The van der Waals surface area contributed by atoms with Gasteiger partial charge in [-0.15, -0.1) is 6.42 Å². The number of carbonyl (C=O) groups excluding carboxylic acids is 1. The van der Waals surface area contributed by atoms with Gasteiger partial charge in [0.1, 0.15) is 5.76 Å². The molecule has 0 aliphatic rings. The zero-order valence-electron chi connectivity index (χ0n) is 9.64. The van der Waals surface area contributed by atoms with E-state index in [0.29, 0.717) is 17.0 Å². The Balaban J connectivity index is 2.13. The number of carbonyl (C=O) groups is 1. The topological polar surface area (TPSA) is 68.3 Å². The second kappa shape index (κ2) is 5.21. The maximum atomic E-state index is 11.8. The number of hydrogen-bond donors (Lipinski definition) is 2. The SMILES string of the molecule is C#Cc1cccc(NC(=O)c2ccc(CN)o2)c1. The number of hydrogen-bond acceptors (Lipinski definition) is 3. The molecule has 1 aromatic carbocycles. The van der Waals surface area contributed by atoms with E-state index in [1.165, 1.54) is 0 Å². The van der Waals surface area contributed by atoms with Crippen LogP contribution in [0.2, 0.25) is 0 Å². The maximum Gasteiger partial charge on any atom is 0.291 e. The van der Waals surface area contributed by atoms with E-state index in [2.05, 4.69) is 11.2 Å². The van der Waals surface area contributed by atoms with Crippen LogP contribution in [0, 0.1) is 12.3 Å². The van der Waals surface area contributed by atoms with Crippen LogP contribution in [0.5, 0.6) is 0 Å². The molecule has 4 nitrogen and oxygen atoms in total. The van der Waals surface area contributed by atoms with Gasteiger partial charge in [0.05, 0.1) is 6.54 Å². The van der Waals surface area contributed by atoms with Crippen molar-refractivity contribution in [1.82, 2.24) is 0 Å². The van der Waals surface area contributed by atoms with E-state index in [4.69, 9.17) is 16.6 Å². The third-order valence-electron chi connectivity index (χ3n) is 2.37. The van der Waals surface area contributed by atoms with Crippen LogP contribution in [0.1, 0.15) is 21.9 Å². The summed E-state index contributed by atoms with van der Waals surface area (Å²) < 4.78 is 5.25. The van der Waals surface area contributed by atoms with E-state index in [-0.39, 0.29) is 18.2 Å². The quantitative estimate of drug-likeness (QED) is 0.806. The standard InChI is InChI=1S/C14H12N2O2/c1-2-10-4-3-5-11(8-10)16-14(17)13-7-6-12(9-15)18-13/h1,3-8H,9,15H2,(H,16,17). The van der Waals surface area contributed by atoms with E-state index >= 15 is 0 Å². The summed E-state index contributed by atoms with van der Waals surface area (Å²) >= 11 is 0. The fourth-order valence-electron chi connectivity index (χ4n) is 1.49. The summed E-state index contributed by atoms with van der Waals surface area (Å²) in [7, 11) is 0. The number of amides is 1. The van der Waals surface area contributed by atoms with Crippen LogP contribution in [-0.4, -0.2) is 5.91 Å². The van der Waals surface area contributed by atoms with Crippen LogP contribution >= 0.6 is 0 Å². The number of furan rings is 1. The lowest BCUT2D eigenvalue weighted by atomic mass is 10.2. The zero-order valence-corrected chi connectivity index (χ0v) is 9.64. The maximum absolute atomic E-state index is 11.8. The molecule has 1 heterocycles. The number of terminal acetylenes is 1. The molecule has 4 heteroatoms. The van der Waals surface area contributed by atoms with Crippen molar-refractivity contribution in [2.45, 2.75) is 6.54 Å². The molecule has 1 aromatic heterocycles. The Hall–Kier alpha value is -2.51. The minimum Gasteiger partial charge on any atom is -0.455 e. The van der Waals surface area contributed by atoms with Crippen molar-refractivity contribution in [2.24, 2.45) is 5.73 Å². The van der Waals surface area contributed by atoms with Gasteiger partial charge in [0.25, 0.3) is 5.91 Å². The van der Waals surface area contributed by atoms with Crippen LogP contribution < -0.4 is 11.1 Å². The summed E-state index contributed by atoms with van der Waals surface area (Å²) in [5.41, 5.74) is 6.74.